The second-order valence-electron chi connectivity index (χ2n) is 4.39. The van der Waals surface area contributed by atoms with Crippen molar-refractivity contribution in [2.24, 2.45) is 5.73 Å². The molecule has 0 unspecified atom stereocenters. The van der Waals surface area contributed by atoms with Crippen molar-refractivity contribution in [2.45, 2.75) is 13.0 Å². The molecule has 0 saturated carbocycles. The first-order valence-electron chi connectivity index (χ1n) is 6.10. The third-order valence-corrected chi connectivity index (χ3v) is 3.07. The Kier molecular flexibility index (Phi) is 4.36. The van der Waals surface area contributed by atoms with E-state index in [0.29, 0.717) is 12.3 Å². The van der Waals surface area contributed by atoms with Crippen LogP contribution in [0.2, 0.25) is 0 Å². The number of morpholine rings is 1. The third kappa shape index (κ3) is 3.43. The topological polar surface area (TPSA) is 58.7 Å². The molecule has 3 N–H and O–H groups in total. The molecule has 4 nitrogen and oxygen atoms in total. The van der Waals surface area contributed by atoms with Crippen LogP contribution in [0, 0.1) is 0 Å². The van der Waals surface area contributed by atoms with E-state index in [9.17, 15) is 5.11 Å². The lowest BCUT2D eigenvalue weighted by molar-refractivity contribution is 0.0339. The van der Waals surface area contributed by atoms with E-state index in [-0.39, 0.29) is 0 Å². The Hall–Kier alpha value is -1.10. The summed E-state index contributed by atoms with van der Waals surface area (Å²) in [7, 11) is 0. The summed E-state index contributed by atoms with van der Waals surface area (Å²) in [6.45, 7) is 4.85. The fourth-order valence-corrected chi connectivity index (χ4v) is 2.09. The Bertz CT molecular complexity index is 362. The highest BCUT2D eigenvalue weighted by atomic mass is 16.5. The van der Waals surface area contributed by atoms with E-state index < -0.39 is 0 Å². The van der Waals surface area contributed by atoms with Crippen LogP contribution < -0.4 is 5.73 Å². The van der Waals surface area contributed by atoms with Gasteiger partial charge in [-0.1, -0.05) is 12.1 Å². The van der Waals surface area contributed by atoms with Gasteiger partial charge in [-0.2, -0.15) is 0 Å². The van der Waals surface area contributed by atoms with E-state index in [1.54, 1.807) is 6.07 Å². The van der Waals surface area contributed by atoms with Gasteiger partial charge in [0, 0.05) is 25.2 Å². The summed E-state index contributed by atoms with van der Waals surface area (Å²) in [6.07, 6.45) is 0.858. The molecule has 1 fully saturated rings. The first-order chi connectivity index (χ1) is 8.29. The number of phenolic OH excluding ortho intramolecular Hbond substituents is 1. The molecule has 0 spiro atoms. The summed E-state index contributed by atoms with van der Waals surface area (Å²) < 4.78 is 5.31. The van der Waals surface area contributed by atoms with Gasteiger partial charge in [0.15, 0.2) is 0 Å². The smallest absolute Gasteiger partial charge is 0.120 e. The van der Waals surface area contributed by atoms with E-state index in [0.717, 1.165) is 44.8 Å². The largest absolute Gasteiger partial charge is 0.508 e. The lowest BCUT2D eigenvalue weighted by atomic mass is 10.1. The first-order valence-corrected chi connectivity index (χ1v) is 6.10. The number of rotatable bonds is 4. The van der Waals surface area contributed by atoms with Gasteiger partial charge in [0.05, 0.1) is 13.2 Å². The molecule has 17 heavy (non-hydrogen) atoms. The number of ether oxygens (including phenoxy) is 1. The van der Waals surface area contributed by atoms with Gasteiger partial charge in [0.2, 0.25) is 0 Å². The minimum absolute atomic E-state index is 0.372. The number of phenols is 1. The molecule has 4 heteroatoms. The molecule has 1 aromatic rings. The van der Waals surface area contributed by atoms with Crippen LogP contribution in [0.15, 0.2) is 18.2 Å². The van der Waals surface area contributed by atoms with Gasteiger partial charge in [-0.25, -0.2) is 0 Å². The van der Waals surface area contributed by atoms with Gasteiger partial charge < -0.3 is 15.6 Å². The average Bonchev–Trinajstić information content (AvgIpc) is 2.35. The molecule has 0 aliphatic carbocycles. The minimum atomic E-state index is 0.372. The first kappa shape index (κ1) is 12.4. The van der Waals surface area contributed by atoms with Crippen LogP contribution in [0.25, 0.3) is 0 Å². The fourth-order valence-electron chi connectivity index (χ4n) is 2.09. The number of nitrogens with zero attached hydrogens (tertiary/aromatic N) is 1. The number of nitrogens with two attached hydrogens (primary N) is 1. The van der Waals surface area contributed by atoms with E-state index >= 15 is 0 Å². The lowest BCUT2D eigenvalue weighted by Crippen LogP contribution is -2.35. The Morgan fingerprint density at radius 2 is 2.06 bits per heavy atom. The van der Waals surface area contributed by atoms with E-state index in [1.165, 1.54) is 5.56 Å². The van der Waals surface area contributed by atoms with Crippen molar-refractivity contribution < 1.29 is 9.84 Å². The van der Waals surface area contributed by atoms with Crippen molar-refractivity contribution in [2.75, 3.05) is 32.8 Å². The maximum atomic E-state index is 9.84. The van der Waals surface area contributed by atoms with Crippen molar-refractivity contribution in [3.8, 4) is 5.75 Å². The molecule has 94 valence electrons. The molecule has 1 aromatic carbocycles. The standard InChI is InChI=1S/C13H20N2O2/c14-4-3-11-1-2-13(16)12(9-11)10-15-5-7-17-8-6-15/h1-2,9,16H,3-8,10,14H2. The zero-order chi connectivity index (χ0) is 12.1. The molecule has 0 radical (unpaired) electrons. The molecule has 0 aromatic heterocycles. The van der Waals surface area contributed by atoms with Crippen LogP contribution in [0.4, 0.5) is 0 Å². The molecule has 0 atom stereocenters. The molecular weight excluding hydrogens is 216 g/mol. The second kappa shape index (κ2) is 6.00. The molecule has 0 amide bonds. The Balaban J connectivity index is 2.04. The maximum absolute atomic E-state index is 9.84. The van der Waals surface area contributed by atoms with Gasteiger partial charge in [-0.3, -0.25) is 4.90 Å². The summed E-state index contributed by atoms with van der Waals surface area (Å²) >= 11 is 0. The number of aromatic hydroxyl groups is 1. The molecule has 1 heterocycles. The van der Waals surface area contributed by atoms with Crippen LogP contribution in [0.3, 0.4) is 0 Å². The van der Waals surface area contributed by atoms with Crippen LogP contribution in [0.1, 0.15) is 11.1 Å². The Morgan fingerprint density at radius 3 is 2.76 bits per heavy atom. The van der Waals surface area contributed by atoms with Crippen molar-refractivity contribution in [3.63, 3.8) is 0 Å². The van der Waals surface area contributed by atoms with Gasteiger partial charge in [0.1, 0.15) is 5.75 Å². The van der Waals surface area contributed by atoms with Crippen LogP contribution in [-0.2, 0) is 17.7 Å². The van der Waals surface area contributed by atoms with Crippen molar-refractivity contribution >= 4 is 0 Å². The third-order valence-electron chi connectivity index (χ3n) is 3.07. The van der Waals surface area contributed by atoms with Gasteiger partial charge >= 0.3 is 0 Å². The summed E-state index contributed by atoms with van der Waals surface area (Å²) in [5, 5.41) is 9.84. The monoisotopic (exact) mass is 236 g/mol. The van der Waals surface area contributed by atoms with E-state index in [2.05, 4.69) is 11.0 Å². The molecule has 2 rings (SSSR count). The van der Waals surface area contributed by atoms with Crippen molar-refractivity contribution in [1.82, 2.24) is 4.90 Å². The normalized spacial score (nSPS) is 17.2. The van der Waals surface area contributed by atoms with Crippen molar-refractivity contribution in [3.05, 3.63) is 29.3 Å². The minimum Gasteiger partial charge on any atom is -0.508 e. The highest BCUT2D eigenvalue weighted by Gasteiger charge is 2.12. The SMILES string of the molecule is NCCc1ccc(O)c(CN2CCOCC2)c1. The molecule has 0 bridgehead atoms. The molecule has 1 saturated heterocycles. The summed E-state index contributed by atoms with van der Waals surface area (Å²) in [5.74, 6) is 0.372. The zero-order valence-electron chi connectivity index (χ0n) is 10.1. The maximum Gasteiger partial charge on any atom is 0.120 e. The summed E-state index contributed by atoms with van der Waals surface area (Å²) in [4.78, 5) is 2.30. The highest BCUT2D eigenvalue weighted by molar-refractivity contribution is 5.36. The van der Waals surface area contributed by atoms with Crippen LogP contribution >= 0.6 is 0 Å². The summed E-state index contributed by atoms with van der Waals surface area (Å²) in [6, 6.07) is 5.75. The fraction of sp³-hybridized carbons (Fsp3) is 0.538. The lowest BCUT2D eigenvalue weighted by Gasteiger charge is -2.27. The Morgan fingerprint density at radius 1 is 1.29 bits per heavy atom. The highest BCUT2D eigenvalue weighted by Crippen LogP contribution is 2.21. The molecule has 1 aliphatic heterocycles. The molecular formula is C13H20N2O2. The van der Waals surface area contributed by atoms with Crippen LogP contribution in [-0.4, -0.2) is 42.9 Å². The van der Waals surface area contributed by atoms with Crippen molar-refractivity contribution in [1.29, 1.82) is 0 Å². The predicted molar refractivity (Wildman–Crippen MR) is 67.0 cm³/mol. The second-order valence-corrected chi connectivity index (χ2v) is 4.39. The van der Waals surface area contributed by atoms with Crippen LogP contribution in [0.5, 0.6) is 5.75 Å². The predicted octanol–water partition coefficient (Wildman–Crippen LogP) is 0.726. The van der Waals surface area contributed by atoms with Gasteiger partial charge in [-0.05, 0) is 24.6 Å². The zero-order valence-corrected chi connectivity index (χ0v) is 10.1. The number of hydrogen-bond donors (Lipinski definition) is 2. The number of hydrogen-bond acceptors (Lipinski definition) is 4. The Labute approximate surface area is 102 Å². The quantitative estimate of drug-likeness (QED) is 0.809. The summed E-state index contributed by atoms with van der Waals surface area (Å²) in [5.41, 5.74) is 7.72. The van der Waals surface area contributed by atoms with Gasteiger partial charge in [0.25, 0.3) is 0 Å². The van der Waals surface area contributed by atoms with Gasteiger partial charge in [-0.15, -0.1) is 0 Å². The average molecular weight is 236 g/mol. The molecule has 1 aliphatic rings. The number of benzene rings is 1. The van der Waals surface area contributed by atoms with E-state index in [1.807, 2.05) is 6.07 Å². The van der Waals surface area contributed by atoms with E-state index in [4.69, 9.17) is 10.5 Å².